The topological polar surface area (TPSA) is 60.2 Å². The highest BCUT2D eigenvalue weighted by molar-refractivity contribution is 9.10. The van der Waals surface area contributed by atoms with E-state index in [1.807, 2.05) is 12.1 Å². The van der Waals surface area contributed by atoms with Crippen LogP contribution in [-0.2, 0) is 0 Å². The first-order valence-electron chi connectivity index (χ1n) is 5.72. The second-order valence-corrected chi connectivity index (χ2v) is 5.23. The van der Waals surface area contributed by atoms with Crippen molar-refractivity contribution < 1.29 is 4.74 Å². The average molecular weight is 310 g/mol. The van der Waals surface area contributed by atoms with Gasteiger partial charge in [0.05, 0.1) is 12.6 Å². The third-order valence-electron chi connectivity index (χ3n) is 2.90. The summed E-state index contributed by atoms with van der Waals surface area (Å²) < 4.78 is 6.30. The number of anilines is 1. The minimum absolute atomic E-state index is 0.330. The first-order valence-corrected chi connectivity index (χ1v) is 6.51. The summed E-state index contributed by atoms with van der Waals surface area (Å²) in [5.74, 6) is 7.38. The van der Waals surface area contributed by atoms with Gasteiger partial charge >= 0.3 is 0 Å². The van der Waals surface area contributed by atoms with E-state index in [9.17, 15) is 0 Å². The molecule has 0 atom stereocenters. The summed E-state index contributed by atoms with van der Waals surface area (Å²) in [6.07, 6.45) is 0. The lowest BCUT2D eigenvalue weighted by molar-refractivity contribution is 0.419. The number of hydrogen-bond donors (Lipinski definition) is 2. The van der Waals surface area contributed by atoms with Gasteiger partial charge in [0.25, 0.3) is 0 Å². The number of halogens is 1. The van der Waals surface area contributed by atoms with Crippen LogP contribution in [0.5, 0.6) is 5.75 Å². The third-order valence-corrected chi connectivity index (χ3v) is 3.54. The van der Waals surface area contributed by atoms with Gasteiger partial charge in [-0.05, 0) is 45.6 Å². The predicted molar refractivity (Wildman–Crippen MR) is 77.9 cm³/mol. The Bertz CT molecular complexity index is 584. The van der Waals surface area contributed by atoms with E-state index in [0.29, 0.717) is 11.7 Å². The molecule has 96 valence electrons. The van der Waals surface area contributed by atoms with Crippen LogP contribution in [0.3, 0.4) is 0 Å². The first-order chi connectivity index (χ1) is 8.58. The minimum atomic E-state index is 0.330. The molecule has 0 aliphatic heterocycles. The molecular weight excluding hydrogens is 294 g/mol. The molecule has 0 aliphatic carbocycles. The molecule has 1 aromatic heterocycles. The van der Waals surface area contributed by atoms with Gasteiger partial charge in [-0.2, -0.15) is 0 Å². The Kier molecular flexibility index (Phi) is 3.73. The molecule has 0 fully saturated rings. The predicted octanol–water partition coefficient (Wildman–Crippen LogP) is 3.41. The molecule has 0 bridgehead atoms. The standard InChI is InChI=1S/C13H16BrN3O/c1-7(2)8-6-9-11(18-3)5-4-10(14)12(9)16-13(8)17-15/h4-7H,15H2,1-3H3,(H,16,17). The maximum Gasteiger partial charge on any atom is 0.144 e. The van der Waals surface area contributed by atoms with Crippen molar-refractivity contribution in [3.05, 3.63) is 28.2 Å². The molecule has 2 rings (SSSR count). The van der Waals surface area contributed by atoms with E-state index in [1.54, 1.807) is 7.11 Å². The lowest BCUT2D eigenvalue weighted by Gasteiger charge is -2.15. The van der Waals surface area contributed by atoms with Gasteiger partial charge in [-0.1, -0.05) is 13.8 Å². The van der Waals surface area contributed by atoms with Crippen LogP contribution in [0.25, 0.3) is 10.9 Å². The first kappa shape index (κ1) is 13.1. The molecule has 0 spiro atoms. The highest BCUT2D eigenvalue weighted by Gasteiger charge is 2.13. The zero-order valence-corrected chi connectivity index (χ0v) is 12.2. The van der Waals surface area contributed by atoms with Crippen LogP contribution in [0.15, 0.2) is 22.7 Å². The number of nitrogens with two attached hydrogens (primary N) is 1. The number of benzene rings is 1. The number of nitrogens with zero attached hydrogens (tertiary/aromatic N) is 1. The SMILES string of the molecule is COc1ccc(Br)c2nc(NN)c(C(C)C)cc12. The summed E-state index contributed by atoms with van der Waals surface area (Å²) >= 11 is 3.50. The molecule has 0 amide bonds. The van der Waals surface area contributed by atoms with Crippen LogP contribution >= 0.6 is 15.9 Å². The summed E-state index contributed by atoms with van der Waals surface area (Å²) in [7, 11) is 1.66. The normalized spacial score (nSPS) is 11.0. The molecule has 3 N–H and O–H groups in total. The molecule has 1 aromatic carbocycles. The fraction of sp³-hybridized carbons (Fsp3) is 0.308. The van der Waals surface area contributed by atoms with Crippen molar-refractivity contribution in [3.8, 4) is 5.75 Å². The number of rotatable bonds is 3. The molecule has 0 saturated heterocycles. The molecular formula is C13H16BrN3O. The van der Waals surface area contributed by atoms with E-state index < -0.39 is 0 Å². The van der Waals surface area contributed by atoms with E-state index in [0.717, 1.165) is 26.7 Å². The van der Waals surface area contributed by atoms with Crippen molar-refractivity contribution in [2.45, 2.75) is 19.8 Å². The number of nitrogen functional groups attached to an aromatic ring is 1. The summed E-state index contributed by atoms with van der Waals surface area (Å²) in [5.41, 5.74) is 4.57. The van der Waals surface area contributed by atoms with Crippen molar-refractivity contribution in [2.24, 2.45) is 5.84 Å². The second-order valence-electron chi connectivity index (χ2n) is 4.37. The van der Waals surface area contributed by atoms with Gasteiger partial charge in [0.1, 0.15) is 11.6 Å². The van der Waals surface area contributed by atoms with E-state index >= 15 is 0 Å². The summed E-state index contributed by atoms with van der Waals surface area (Å²) in [6, 6.07) is 5.92. The van der Waals surface area contributed by atoms with Crippen LogP contribution in [0.1, 0.15) is 25.3 Å². The highest BCUT2D eigenvalue weighted by atomic mass is 79.9. The molecule has 0 unspecified atom stereocenters. The molecule has 0 radical (unpaired) electrons. The van der Waals surface area contributed by atoms with E-state index in [4.69, 9.17) is 10.6 Å². The van der Waals surface area contributed by atoms with Crippen molar-refractivity contribution >= 4 is 32.7 Å². The summed E-state index contributed by atoms with van der Waals surface area (Å²) in [4.78, 5) is 4.56. The zero-order valence-electron chi connectivity index (χ0n) is 10.6. The summed E-state index contributed by atoms with van der Waals surface area (Å²) in [6.45, 7) is 4.21. The maximum absolute atomic E-state index is 5.54. The Labute approximate surface area is 115 Å². The number of hydrogen-bond acceptors (Lipinski definition) is 4. The Morgan fingerprint density at radius 2 is 2.11 bits per heavy atom. The number of aromatic nitrogens is 1. The smallest absolute Gasteiger partial charge is 0.144 e. The molecule has 18 heavy (non-hydrogen) atoms. The number of methoxy groups -OCH3 is 1. The van der Waals surface area contributed by atoms with Gasteiger partial charge in [0.2, 0.25) is 0 Å². The second kappa shape index (κ2) is 5.12. The molecule has 1 heterocycles. The fourth-order valence-electron chi connectivity index (χ4n) is 1.95. The average Bonchev–Trinajstić information content (AvgIpc) is 2.38. The Hall–Kier alpha value is -1.33. The largest absolute Gasteiger partial charge is 0.496 e. The van der Waals surface area contributed by atoms with Crippen LogP contribution < -0.4 is 16.0 Å². The van der Waals surface area contributed by atoms with Crippen LogP contribution in [-0.4, -0.2) is 12.1 Å². The Morgan fingerprint density at radius 3 is 2.67 bits per heavy atom. The van der Waals surface area contributed by atoms with E-state index in [-0.39, 0.29) is 0 Å². The van der Waals surface area contributed by atoms with Crippen LogP contribution in [0, 0.1) is 0 Å². The van der Waals surface area contributed by atoms with Crippen LogP contribution in [0.2, 0.25) is 0 Å². The quantitative estimate of drug-likeness (QED) is 0.674. The highest BCUT2D eigenvalue weighted by Crippen LogP contribution is 2.35. The van der Waals surface area contributed by atoms with Crippen molar-refractivity contribution in [1.82, 2.24) is 4.98 Å². The van der Waals surface area contributed by atoms with Crippen molar-refractivity contribution in [2.75, 3.05) is 12.5 Å². The van der Waals surface area contributed by atoms with E-state index in [2.05, 4.69) is 46.3 Å². The molecule has 2 aromatic rings. The van der Waals surface area contributed by atoms with Crippen molar-refractivity contribution in [1.29, 1.82) is 0 Å². The number of pyridine rings is 1. The van der Waals surface area contributed by atoms with Crippen molar-refractivity contribution in [3.63, 3.8) is 0 Å². The lowest BCUT2D eigenvalue weighted by atomic mass is 10.0. The van der Waals surface area contributed by atoms with Crippen LogP contribution in [0.4, 0.5) is 5.82 Å². The zero-order chi connectivity index (χ0) is 13.3. The Balaban J connectivity index is 2.82. The number of hydrazine groups is 1. The number of fused-ring (bicyclic) bond motifs is 1. The molecule has 4 nitrogen and oxygen atoms in total. The van der Waals surface area contributed by atoms with Gasteiger partial charge in [-0.15, -0.1) is 0 Å². The van der Waals surface area contributed by atoms with Gasteiger partial charge in [0.15, 0.2) is 0 Å². The fourth-order valence-corrected chi connectivity index (χ4v) is 2.38. The lowest BCUT2D eigenvalue weighted by Crippen LogP contribution is -2.12. The van der Waals surface area contributed by atoms with Gasteiger partial charge in [-0.25, -0.2) is 10.8 Å². The Morgan fingerprint density at radius 1 is 1.39 bits per heavy atom. The van der Waals surface area contributed by atoms with Gasteiger partial charge < -0.3 is 10.2 Å². The molecule has 5 heteroatoms. The number of nitrogens with one attached hydrogen (secondary N) is 1. The molecule has 0 aliphatic rings. The molecule has 0 saturated carbocycles. The maximum atomic E-state index is 5.54. The van der Waals surface area contributed by atoms with Gasteiger partial charge in [0, 0.05) is 9.86 Å². The van der Waals surface area contributed by atoms with E-state index in [1.165, 1.54) is 0 Å². The third kappa shape index (κ3) is 2.15. The number of ether oxygens (including phenoxy) is 1. The summed E-state index contributed by atoms with van der Waals surface area (Å²) in [5, 5.41) is 0.981. The minimum Gasteiger partial charge on any atom is -0.496 e. The van der Waals surface area contributed by atoms with Gasteiger partial charge in [-0.3, -0.25) is 0 Å². The monoisotopic (exact) mass is 309 g/mol.